The van der Waals surface area contributed by atoms with E-state index < -0.39 is 0 Å². The van der Waals surface area contributed by atoms with Crippen molar-refractivity contribution in [3.05, 3.63) is 41.2 Å². The number of aryl methyl sites for hydroxylation is 1. The van der Waals surface area contributed by atoms with Gasteiger partial charge >= 0.3 is 0 Å². The number of thiazole rings is 1. The number of aromatic nitrogens is 1. The van der Waals surface area contributed by atoms with Gasteiger partial charge in [0.15, 0.2) is 0 Å². The van der Waals surface area contributed by atoms with Crippen molar-refractivity contribution in [2.75, 3.05) is 18.2 Å². The lowest BCUT2D eigenvalue weighted by Gasteiger charge is -2.11. The van der Waals surface area contributed by atoms with Gasteiger partial charge < -0.3 is 15.8 Å². The summed E-state index contributed by atoms with van der Waals surface area (Å²) in [4.78, 5) is 4.42. The highest BCUT2D eigenvalue weighted by molar-refractivity contribution is 7.18. The first kappa shape index (κ1) is 13.6. The topological polar surface area (TPSA) is 60.2 Å². The SMILES string of the molecule is COc1ccc(F)c(Nc2cc3nc(C)sc3cc2N)c1. The van der Waals surface area contributed by atoms with Gasteiger partial charge in [0, 0.05) is 6.07 Å². The van der Waals surface area contributed by atoms with Crippen molar-refractivity contribution in [1.82, 2.24) is 4.98 Å². The number of nitrogens with zero attached hydrogens (tertiary/aromatic N) is 1. The summed E-state index contributed by atoms with van der Waals surface area (Å²) < 4.78 is 20.0. The van der Waals surface area contributed by atoms with E-state index in [4.69, 9.17) is 10.5 Å². The molecule has 3 aromatic rings. The predicted octanol–water partition coefficient (Wildman–Crippen LogP) is 4.08. The lowest BCUT2D eigenvalue weighted by atomic mass is 10.2. The van der Waals surface area contributed by atoms with Gasteiger partial charge in [0.05, 0.1) is 39.4 Å². The number of methoxy groups -OCH3 is 1. The van der Waals surface area contributed by atoms with Crippen LogP contribution in [-0.2, 0) is 0 Å². The molecule has 108 valence electrons. The molecule has 3 N–H and O–H groups in total. The van der Waals surface area contributed by atoms with Crippen molar-refractivity contribution in [2.45, 2.75) is 6.92 Å². The average molecular weight is 303 g/mol. The molecule has 0 saturated heterocycles. The summed E-state index contributed by atoms with van der Waals surface area (Å²) in [6.07, 6.45) is 0. The molecule has 0 fully saturated rings. The highest BCUT2D eigenvalue weighted by atomic mass is 32.1. The third-order valence-corrected chi connectivity index (χ3v) is 4.04. The molecule has 0 radical (unpaired) electrons. The Morgan fingerprint density at radius 3 is 2.81 bits per heavy atom. The Bertz CT molecular complexity index is 816. The molecule has 0 saturated carbocycles. The van der Waals surface area contributed by atoms with Gasteiger partial charge in [0.25, 0.3) is 0 Å². The van der Waals surface area contributed by atoms with Crippen molar-refractivity contribution in [3.63, 3.8) is 0 Å². The Kier molecular flexibility index (Phi) is 3.39. The third kappa shape index (κ3) is 2.62. The fourth-order valence-electron chi connectivity index (χ4n) is 2.09. The van der Waals surface area contributed by atoms with E-state index in [9.17, 15) is 4.39 Å². The van der Waals surface area contributed by atoms with E-state index in [0.29, 0.717) is 22.8 Å². The molecule has 21 heavy (non-hydrogen) atoms. The van der Waals surface area contributed by atoms with E-state index in [1.54, 1.807) is 23.5 Å². The van der Waals surface area contributed by atoms with Crippen LogP contribution in [0.3, 0.4) is 0 Å². The standard InChI is InChI=1S/C15H14FN3OS/c1-8-18-14-7-13(11(17)6-15(14)21-8)19-12-5-9(20-2)3-4-10(12)16/h3-7,19H,17H2,1-2H3. The largest absolute Gasteiger partial charge is 0.497 e. The van der Waals surface area contributed by atoms with E-state index in [2.05, 4.69) is 10.3 Å². The molecule has 0 aliphatic rings. The van der Waals surface area contributed by atoms with Crippen LogP contribution in [0.15, 0.2) is 30.3 Å². The van der Waals surface area contributed by atoms with Crippen LogP contribution in [0, 0.1) is 12.7 Å². The minimum atomic E-state index is -0.371. The van der Waals surface area contributed by atoms with Crippen LogP contribution in [0.2, 0.25) is 0 Å². The smallest absolute Gasteiger partial charge is 0.146 e. The first-order valence-electron chi connectivity index (χ1n) is 6.34. The van der Waals surface area contributed by atoms with E-state index >= 15 is 0 Å². The summed E-state index contributed by atoms with van der Waals surface area (Å²) in [5, 5.41) is 3.97. The van der Waals surface area contributed by atoms with E-state index in [-0.39, 0.29) is 5.82 Å². The van der Waals surface area contributed by atoms with Crippen molar-refractivity contribution in [3.8, 4) is 5.75 Å². The number of rotatable bonds is 3. The van der Waals surface area contributed by atoms with Crippen LogP contribution in [0.4, 0.5) is 21.5 Å². The van der Waals surface area contributed by atoms with Crippen LogP contribution >= 0.6 is 11.3 Å². The number of anilines is 3. The zero-order valence-electron chi connectivity index (χ0n) is 11.6. The van der Waals surface area contributed by atoms with Crippen LogP contribution in [0.5, 0.6) is 5.75 Å². The molecule has 0 unspecified atom stereocenters. The quantitative estimate of drug-likeness (QED) is 0.716. The van der Waals surface area contributed by atoms with Crippen LogP contribution in [-0.4, -0.2) is 12.1 Å². The minimum absolute atomic E-state index is 0.312. The van der Waals surface area contributed by atoms with Crippen molar-refractivity contribution >= 4 is 38.6 Å². The number of nitrogens with one attached hydrogen (secondary N) is 1. The maximum absolute atomic E-state index is 13.9. The Balaban J connectivity index is 2.03. The fourth-order valence-corrected chi connectivity index (χ4v) is 2.94. The number of hydrogen-bond acceptors (Lipinski definition) is 5. The predicted molar refractivity (Wildman–Crippen MR) is 85.0 cm³/mol. The summed E-state index contributed by atoms with van der Waals surface area (Å²) >= 11 is 1.58. The highest BCUT2D eigenvalue weighted by Gasteiger charge is 2.09. The van der Waals surface area contributed by atoms with Gasteiger partial charge in [-0.05, 0) is 31.2 Å². The number of fused-ring (bicyclic) bond motifs is 1. The normalized spacial score (nSPS) is 10.8. The van der Waals surface area contributed by atoms with Gasteiger partial charge in [-0.15, -0.1) is 11.3 Å². The number of ether oxygens (including phenoxy) is 1. The van der Waals surface area contributed by atoms with E-state index in [0.717, 1.165) is 15.2 Å². The van der Waals surface area contributed by atoms with Gasteiger partial charge in [0.2, 0.25) is 0 Å². The van der Waals surface area contributed by atoms with E-state index in [1.165, 1.54) is 13.2 Å². The van der Waals surface area contributed by atoms with Crippen LogP contribution in [0.1, 0.15) is 5.01 Å². The summed E-state index contributed by atoms with van der Waals surface area (Å²) in [6.45, 7) is 1.94. The maximum Gasteiger partial charge on any atom is 0.146 e. The molecule has 6 heteroatoms. The molecule has 0 spiro atoms. The second-order valence-electron chi connectivity index (χ2n) is 4.61. The van der Waals surface area contributed by atoms with Crippen molar-refractivity contribution in [2.24, 2.45) is 0 Å². The zero-order valence-corrected chi connectivity index (χ0v) is 12.4. The molecule has 3 rings (SSSR count). The van der Waals surface area contributed by atoms with Gasteiger partial charge in [-0.25, -0.2) is 9.37 Å². The van der Waals surface area contributed by atoms with Crippen molar-refractivity contribution in [1.29, 1.82) is 0 Å². The third-order valence-electron chi connectivity index (χ3n) is 3.11. The van der Waals surface area contributed by atoms with Crippen molar-refractivity contribution < 1.29 is 9.13 Å². The monoisotopic (exact) mass is 303 g/mol. The Morgan fingerprint density at radius 2 is 2.05 bits per heavy atom. The molecule has 2 aromatic carbocycles. The lowest BCUT2D eigenvalue weighted by molar-refractivity contribution is 0.414. The van der Waals surface area contributed by atoms with Gasteiger partial charge in [-0.3, -0.25) is 0 Å². The molecule has 0 bridgehead atoms. The van der Waals surface area contributed by atoms with E-state index in [1.807, 2.05) is 19.1 Å². The molecule has 1 heterocycles. The molecule has 0 amide bonds. The second kappa shape index (κ2) is 5.21. The minimum Gasteiger partial charge on any atom is -0.497 e. The molecular weight excluding hydrogens is 289 g/mol. The second-order valence-corrected chi connectivity index (χ2v) is 5.85. The number of nitrogens with two attached hydrogens (primary N) is 1. The summed E-state index contributed by atoms with van der Waals surface area (Å²) in [5.74, 6) is 0.202. The van der Waals surface area contributed by atoms with Gasteiger partial charge in [-0.2, -0.15) is 0 Å². The molecular formula is C15H14FN3OS. The lowest BCUT2D eigenvalue weighted by Crippen LogP contribution is -1.99. The zero-order chi connectivity index (χ0) is 15.0. The Morgan fingerprint density at radius 1 is 1.24 bits per heavy atom. The summed E-state index contributed by atoms with van der Waals surface area (Å²) in [5.41, 5.74) is 8.36. The van der Waals surface area contributed by atoms with Gasteiger partial charge in [-0.1, -0.05) is 0 Å². The molecule has 1 aromatic heterocycles. The van der Waals surface area contributed by atoms with Crippen LogP contribution in [0.25, 0.3) is 10.2 Å². The fraction of sp³-hybridized carbons (Fsp3) is 0.133. The molecule has 0 atom stereocenters. The first-order chi connectivity index (χ1) is 10.1. The molecule has 4 nitrogen and oxygen atoms in total. The Labute approximate surface area is 125 Å². The molecule has 0 aliphatic heterocycles. The van der Waals surface area contributed by atoms with Crippen LogP contribution < -0.4 is 15.8 Å². The highest BCUT2D eigenvalue weighted by Crippen LogP contribution is 2.33. The number of benzene rings is 2. The first-order valence-corrected chi connectivity index (χ1v) is 7.15. The average Bonchev–Trinajstić information content (AvgIpc) is 2.80. The number of halogens is 1. The van der Waals surface area contributed by atoms with Gasteiger partial charge in [0.1, 0.15) is 11.6 Å². The Hall–Kier alpha value is -2.34. The molecule has 0 aliphatic carbocycles. The summed E-state index contributed by atoms with van der Waals surface area (Å²) in [6, 6.07) is 8.18. The number of hydrogen-bond donors (Lipinski definition) is 2. The maximum atomic E-state index is 13.9. The number of nitrogen functional groups attached to an aromatic ring is 1. The summed E-state index contributed by atoms with van der Waals surface area (Å²) in [7, 11) is 1.54.